The lowest BCUT2D eigenvalue weighted by molar-refractivity contribution is -0.142. The maximum Gasteiger partial charge on any atom is 0.326 e. The van der Waals surface area contributed by atoms with E-state index in [2.05, 4.69) is 5.32 Å². The molecule has 2 N–H and O–H groups in total. The van der Waals surface area contributed by atoms with Crippen LogP contribution in [-0.4, -0.2) is 34.5 Å². The lowest BCUT2D eigenvalue weighted by atomic mass is 10.0. The summed E-state index contributed by atoms with van der Waals surface area (Å²) in [6, 6.07) is -0.762. The Kier molecular flexibility index (Phi) is 7.21. The maximum absolute atomic E-state index is 11.5. The van der Waals surface area contributed by atoms with Crippen LogP contribution in [0.2, 0.25) is 0 Å². The second kappa shape index (κ2) is 7.54. The summed E-state index contributed by atoms with van der Waals surface area (Å²) in [6.45, 7) is 5.82. The molecule has 94 valence electrons. The van der Waals surface area contributed by atoms with Gasteiger partial charge in [-0.15, -0.1) is 0 Å². The van der Waals surface area contributed by atoms with Gasteiger partial charge >= 0.3 is 5.97 Å². The van der Waals surface area contributed by atoms with Crippen molar-refractivity contribution >= 4 is 23.6 Å². The molecule has 0 aromatic heterocycles. The molecular formula is C11H21NO3S. The lowest BCUT2D eigenvalue weighted by Crippen LogP contribution is -2.42. The Morgan fingerprint density at radius 1 is 1.31 bits per heavy atom. The van der Waals surface area contributed by atoms with Crippen molar-refractivity contribution in [1.29, 1.82) is 0 Å². The predicted octanol–water partition coefficient (Wildman–Crippen LogP) is 1.74. The van der Waals surface area contributed by atoms with Crippen molar-refractivity contribution < 1.29 is 14.7 Å². The number of amides is 1. The first-order valence-corrected chi connectivity index (χ1v) is 6.70. The number of carboxylic acids is 1. The van der Waals surface area contributed by atoms with E-state index in [0.717, 1.165) is 0 Å². The second-order valence-corrected chi connectivity index (χ2v) is 5.61. The molecule has 2 atom stereocenters. The number of carbonyl (C=O) groups is 2. The topological polar surface area (TPSA) is 66.4 Å². The number of carboxylic acid groups (broad SMARTS) is 1. The third-order valence-electron chi connectivity index (χ3n) is 2.22. The highest BCUT2D eigenvalue weighted by atomic mass is 32.2. The first-order valence-electron chi connectivity index (χ1n) is 5.41. The molecule has 0 bridgehead atoms. The van der Waals surface area contributed by atoms with Gasteiger partial charge in [0.05, 0.1) is 0 Å². The van der Waals surface area contributed by atoms with Crippen molar-refractivity contribution in [3.05, 3.63) is 0 Å². The number of thioether (sulfide) groups is 1. The van der Waals surface area contributed by atoms with Gasteiger partial charge in [0.1, 0.15) is 6.04 Å². The van der Waals surface area contributed by atoms with Gasteiger partial charge in [0.15, 0.2) is 0 Å². The Bertz CT molecular complexity index is 243. The molecule has 16 heavy (non-hydrogen) atoms. The molecule has 5 heteroatoms. The molecule has 1 amide bonds. The molecule has 0 heterocycles. The molecule has 2 unspecified atom stereocenters. The van der Waals surface area contributed by atoms with Gasteiger partial charge in [-0.1, -0.05) is 20.8 Å². The van der Waals surface area contributed by atoms with E-state index in [9.17, 15) is 9.59 Å². The molecule has 0 saturated heterocycles. The lowest BCUT2D eigenvalue weighted by Gasteiger charge is -2.17. The van der Waals surface area contributed by atoms with Gasteiger partial charge in [0.25, 0.3) is 0 Å². The largest absolute Gasteiger partial charge is 0.480 e. The minimum absolute atomic E-state index is 0.185. The van der Waals surface area contributed by atoms with Gasteiger partial charge < -0.3 is 10.4 Å². The normalized spacial score (nSPS) is 14.6. The summed E-state index contributed by atoms with van der Waals surface area (Å²) in [5, 5.41) is 11.7. The standard InChI is InChI=1S/C11H21NO3S/c1-7(2)5-9(11(14)15)12-10(13)6-8(3)16-4/h7-9H,5-6H2,1-4H3,(H,12,13)(H,14,15). The Morgan fingerprint density at radius 3 is 2.25 bits per heavy atom. The van der Waals surface area contributed by atoms with Crippen LogP contribution in [0, 0.1) is 5.92 Å². The summed E-state index contributed by atoms with van der Waals surface area (Å²) >= 11 is 1.59. The van der Waals surface area contributed by atoms with E-state index in [-0.39, 0.29) is 17.1 Å². The molecule has 0 aliphatic heterocycles. The molecule has 0 rings (SSSR count). The highest BCUT2D eigenvalue weighted by Gasteiger charge is 2.21. The van der Waals surface area contributed by atoms with E-state index in [1.54, 1.807) is 11.8 Å². The Balaban J connectivity index is 4.18. The first kappa shape index (κ1) is 15.3. The molecule has 0 aromatic rings. The quantitative estimate of drug-likeness (QED) is 0.719. The molecule has 0 aliphatic carbocycles. The van der Waals surface area contributed by atoms with E-state index in [4.69, 9.17) is 5.11 Å². The first-order chi connectivity index (χ1) is 7.36. The molecule has 0 aliphatic rings. The van der Waals surface area contributed by atoms with Gasteiger partial charge in [0.2, 0.25) is 5.91 Å². The predicted molar refractivity (Wildman–Crippen MR) is 66.6 cm³/mol. The van der Waals surface area contributed by atoms with Gasteiger partial charge in [-0.25, -0.2) is 4.79 Å². The molecule has 4 nitrogen and oxygen atoms in total. The molecule has 0 aromatic carbocycles. The average Bonchev–Trinajstić information content (AvgIpc) is 2.15. The number of aliphatic carboxylic acids is 1. The summed E-state index contributed by atoms with van der Waals surface area (Å²) in [7, 11) is 0. The van der Waals surface area contributed by atoms with Crippen molar-refractivity contribution in [2.45, 2.75) is 44.9 Å². The molecule has 0 spiro atoms. The Hall–Kier alpha value is -0.710. The molecule has 0 fully saturated rings. The van der Waals surface area contributed by atoms with Crippen LogP contribution in [0.5, 0.6) is 0 Å². The van der Waals surface area contributed by atoms with Crippen LogP contribution in [-0.2, 0) is 9.59 Å². The van der Waals surface area contributed by atoms with Crippen molar-refractivity contribution in [3.8, 4) is 0 Å². The van der Waals surface area contributed by atoms with Gasteiger partial charge in [-0.05, 0) is 18.6 Å². The highest BCUT2D eigenvalue weighted by molar-refractivity contribution is 7.99. The third-order valence-corrected chi connectivity index (χ3v) is 3.19. The SMILES string of the molecule is CSC(C)CC(=O)NC(CC(C)C)C(=O)O. The fourth-order valence-corrected chi connectivity index (χ4v) is 1.61. The molecule has 0 radical (unpaired) electrons. The second-order valence-electron chi connectivity index (χ2n) is 4.34. The zero-order chi connectivity index (χ0) is 12.7. The van der Waals surface area contributed by atoms with Crippen molar-refractivity contribution in [1.82, 2.24) is 5.32 Å². The third kappa shape index (κ3) is 6.71. The average molecular weight is 247 g/mol. The van der Waals surface area contributed by atoms with Crippen molar-refractivity contribution in [2.24, 2.45) is 5.92 Å². The van der Waals surface area contributed by atoms with E-state index in [1.165, 1.54) is 0 Å². The molecular weight excluding hydrogens is 226 g/mol. The van der Waals surface area contributed by atoms with Crippen LogP contribution >= 0.6 is 11.8 Å². The summed E-state index contributed by atoms with van der Waals surface area (Å²) in [5.41, 5.74) is 0. The van der Waals surface area contributed by atoms with Gasteiger partial charge in [-0.2, -0.15) is 11.8 Å². The van der Waals surface area contributed by atoms with Crippen LogP contribution in [0.25, 0.3) is 0 Å². The minimum atomic E-state index is -0.959. The summed E-state index contributed by atoms with van der Waals surface area (Å²) in [6.07, 6.45) is 2.76. The zero-order valence-corrected chi connectivity index (χ0v) is 11.1. The number of hydrogen-bond acceptors (Lipinski definition) is 3. The van der Waals surface area contributed by atoms with Crippen LogP contribution in [0.15, 0.2) is 0 Å². The molecule has 0 saturated carbocycles. The number of nitrogens with one attached hydrogen (secondary N) is 1. The monoisotopic (exact) mass is 247 g/mol. The fraction of sp³-hybridized carbons (Fsp3) is 0.818. The Morgan fingerprint density at radius 2 is 1.88 bits per heavy atom. The van der Waals surface area contributed by atoms with E-state index < -0.39 is 12.0 Å². The highest BCUT2D eigenvalue weighted by Crippen LogP contribution is 2.10. The summed E-state index contributed by atoms with van der Waals surface area (Å²) < 4.78 is 0. The van der Waals surface area contributed by atoms with E-state index in [1.807, 2.05) is 27.0 Å². The van der Waals surface area contributed by atoms with E-state index in [0.29, 0.717) is 12.8 Å². The number of rotatable bonds is 7. The van der Waals surface area contributed by atoms with Gasteiger partial charge in [0, 0.05) is 11.7 Å². The van der Waals surface area contributed by atoms with Gasteiger partial charge in [-0.3, -0.25) is 4.79 Å². The van der Waals surface area contributed by atoms with Crippen LogP contribution in [0.4, 0.5) is 0 Å². The van der Waals surface area contributed by atoms with Crippen LogP contribution < -0.4 is 5.32 Å². The fourth-order valence-electron chi connectivity index (χ4n) is 1.29. The maximum atomic E-state index is 11.5. The number of hydrogen-bond donors (Lipinski definition) is 2. The summed E-state index contributed by atoms with van der Waals surface area (Å²) in [5.74, 6) is -0.895. The van der Waals surface area contributed by atoms with Crippen molar-refractivity contribution in [3.63, 3.8) is 0 Å². The van der Waals surface area contributed by atoms with E-state index >= 15 is 0 Å². The summed E-state index contributed by atoms with van der Waals surface area (Å²) in [4.78, 5) is 22.4. The zero-order valence-electron chi connectivity index (χ0n) is 10.3. The van der Waals surface area contributed by atoms with Crippen molar-refractivity contribution in [2.75, 3.05) is 6.26 Å². The smallest absolute Gasteiger partial charge is 0.326 e. The number of carbonyl (C=O) groups excluding carboxylic acids is 1. The van der Waals surface area contributed by atoms with Crippen LogP contribution in [0.3, 0.4) is 0 Å². The van der Waals surface area contributed by atoms with Crippen LogP contribution in [0.1, 0.15) is 33.6 Å². The Labute approximate surface area is 101 Å². The minimum Gasteiger partial charge on any atom is -0.480 e.